The van der Waals surface area contributed by atoms with Crippen molar-refractivity contribution in [2.45, 2.75) is 25.9 Å². The fourth-order valence-corrected chi connectivity index (χ4v) is 3.18. The van der Waals surface area contributed by atoms with E-state index in [1.807, 2.05) is 12.1 Å². The third-order valence-electron chi connectivity index (χ3n) is 4.64. The molecule has 25 heavy (non-hydrogen) atoms. The van der Waals surface area contributed by atoms with Crippen LogP contribution in [0.15, 0.2) is 30.6 Å². The van der Waals surface area contributed by atoms with Crippen LogP contribution in [0.2, 0.25) is 0 Å². The van der Waals surface area contributed by atoms with E-state index < -0.39 is 5.97 Å². The standard InChI is InChI=1S/C18H24N4O3/c1-24-16-5-3-14(4-6-16)11-15-7-9-21(10-8-15)13-22-12-19-17(20-22)18(23)25-2/h3-6,12,15H,7-11,13H2,1-2H3. The summed E-state index contributed by atoms with van der Waals surface area (Å²) in [5.74, 6) is 1.21. The first kappa shape index (κ1) is 17.4. The molecule has 1 saturated heterocycles. The van der Waals surface area contributed by atoms with Gasteiger partial charge in [-0.25, -0.2) is 14.5 Å². The highest BCUT2D eigenvalue weighted by Gasteiger charge is 2.20. The zero-order valence-electron chi connectivity index (χ0n) is 14.7. The molecule has 3 rings (SSSR count). The van der Waals surface area contributed by atoms with E-state index in [4.69, 9.17) is 4.74 Å². The maximum absolute atomic E-state index is 11.4. The van der Waals surface area contributed by atoms with Crippen LogP contribution in [0.1, 0.15) is 29.0 Å². The average Bonchev–Trinajstić information content (AvgIpc) is 3.12. The summed E-state index contributed by atoms with van der Waals surface area (Å²) in [5, 5.41) is 4.16. The number of carbonyl (C=O) groups excluding carboxylic acids is 1. The fourth-order valence-electron chi connectivity index (χ4n) is 3.18. The predicted octanol–water partition coefficient (Wildman–Crippen LogP) is 1.99. The number of nitrogens with zero attached hydrogens (tertiary/aromatic N) is 4. The van der Waals surface area contributed by atoms with Crippen molar-refractivity contribution in [1.29, 1.82) is 0 Å². The molecule has 1 aromatic carbocycles. The molecule has 1 aromatic heterocycles. The van der Waals surface area contributed by atoms with E-state index in [1.54, 1.807) is 18.1 Å². The molecule has 1 aliphatic rings. The second-order valence-corrected chi connectivity index (χ2v) is 6.35. The minimum atomic E-state index is -0.503. The van der Waals surface area contributed by atoms with Crippen LogP contribution in [0, 0.1) is 5.92 Å². The molecule has 0 amide bonds. The van der Waals surface area contributed by atoms with Gasteiger partial charge in [-0.05, 0) is 42.9 Å². The van der Waals surface area contributed by atoms with Crippen molar-refractivity contribution < 1.29 is 14.3 Å². The van der Waals surface area contributed by atoms with Crippen molar-refractivity contribution in [3.05, 3.63) is 42.0 Å². The predicted molar refractivity (Wildman–Crippen MR) is 92.4 cm³/mol. The monoisotopic (exact) mass is 344 g/mol. The smallest absolute Gasteiger partial charge is 0.377 e. The zero-order valence-corrected chi connectivity index (χ0v) is 14.7. The number of esters is 1. The van der Waals surface area contributed by atoms with Crippen LogP contribution in [-0.2, 0) is 17.8 Å². The number of hydrogen-bond donors (Lipinski definition) is 0. The van der Waals surface area contributed by atoms with Gasteiger partial charge in [0.2, 0.25) is 0 Å². The van der Waals surface area contributed by atoms with E-state index in [2.05, 4.69) is 31.9 Å². The topological polar surface area (TPSA) is 69.5 Å². The average molecular weight is 344 g/mol. The summed E-state index contributed by atoms with van der Waals surface area (Å²) in [5.41, 5.74) is 1.36. The number of rotatable bonds is 6. The van der Waals surface area contributed by atoms with Gasteiger partial charge < -0.3 is 9.47 Å². The molecule has 2 heterocycles. The Bertz CT molecular complexity index is 691. The summed E-state index contributed by atoms with van der Waals surface area (Å²) >= 11 is 0. The number of methoxy groups -OCH3 is 2. The molecule has 0 spiro atoms. The molecule has 1 aliphatic heterocycles. The maximum Gasteiger partial charge on any atom is 0.377 e. The van der Waals surface area contributed by atoms with Crippen LogP contribution in [0.3, 0.4) is 0 Å². The van der Waals surface area contributed by atoms with Crippen molar-refractivity contribution >= 4 is 5.97 Å². The van der Waals surface area contributed by atoms with E-state index in [0.29, 0.717) is 12.6 Å². The van der Waals surface area contributed by atoms with Gasteiger partial charge in [-0.15, -0.1) is 5.10 Å². The summed E-state index contributed by atoms with van der Waals surface area (Å²) in [6.45, 7) is 2.70. The summed E-state index contributed by atoms with van der Waals surface area (Å²) < 4.78 is 11.5. The van der Waals surface area contributed by atoms with E-state index in [0.717, 1.165) is 38.1 Å². The lowest BCUT2D eigenvalue weighted by molar-refractivity contribution is 0.0585. The van der Waals surface area contributed by atoms with Crippen LogP contribution in [0.4, 0.5) is 0 Å². The summed E-state index contributed by atoms with van der Waals surface area (Å²) in [6.07, 6.45) is 5.00. The van der Waals surface area contributed by atoms with Crippen LogP contribution in [0.25, 0.3) is 0 Å². The Hall–Kier alpha value is -2.41. The van der Waals surface area contributed by atoms with Crippen molar-refractivity contribution in [3.63, 3.8) is 0 Å². The molecule has 0 N–H and O–H groups in total. The lowest BCUT2D eigenvalue weighted by Crippen LogP contribution is -2.35. The molecule has 0 saturated carbocycles. The Morgan fingerprint density at radius 3 is 2.56 bits per heavy atom. The van der Waals surface area contributed by atoms with Crippen LogP contribution in [-0.4, -0.2) is 52.9 Å². The number of carbonyl (C=O) groups is 1. The molecule has 134 valence electrons. The van der Waals surface area contributed by atoms with Gasteiger partial charge in [0.25, 0.3) is 5.82 Å². The highest BCUT2D eigenvalue weighted by molar-refractivity contribution is 5.84. The van der Waals surface area contributed by atoms with Crippen LogP contribution >= 0.6 is 0 Å². The maximum atomic E-state index is 11.4. The van der Waals surface area contributed by atoms with Gasteiger partial charge in [0.05, 0.1) is 20.9 Å². The molecule has 0 unspecified atom stereocenters. The number of likely N-dealkylation sites (tertiary alicyclic amines) is 1. The van der Waals surface area contributed by atoms with Crippen LogP contribution < -0.4 is 4.74 Å². The fraction of sp³-hybridized carbons (Fsp3) is 0.500. The third kappa shape index (κ3) is 4.57. The van der Waals surface area contributed by atoms with Crippen molar-refractivity contribution in [2.75, 3.05) is 27.3 Å². The largest absolute Gasteiger partial charge is 0.497 e. The highest BCUT2D eigenvalue weighted by atomic mass is 16.5. The summed E-state index contributed by atoms with van der Waals surface area (Å²) in [7, 11) is 3.02. The minimum Gasteiger partial charge on any atom is -0.497 e. The van der Waals surface area contributed by atoms with Gasteiger partial charge in [0, 0.05) is 13.1 Å². The lowest BCUT2D eigenvalue weighted by Gasteiger charge is -2.31. The molecule has 0 atom stereocenters. The molecular weight excluding hydrogens is 320 g/mol. The van der Waals surface area contributed by atoms with Crippen molar-refractivity contribution in [1.82, 2.24) is 19.7 Å². The normalized spacial score (nSPS) is 15.9. The van der Waals surface area contributed by atoms with Gasteiger partial charge in [-0.3, -0.25) is 4.90 Å². The Kier molecular flexibility index (Phi) is 5.65. The van der Waals surface area contributed by atoms with Crippen molar-refractivity contribution in [3.8, 4) is 5.75 Å². The molecule has 0 radical (unpaired) electrons. The quantitative estimate of drug-likeness (QED) is 0.747. The molecule has 2 aromatic rings. The van der Waals surface area contributed by atoms with Gasteiger partial charge in [0.1, 0.15) is 12.1 Å². The Balaban J connectivity index is 1.46. The summed E-state index contributed by atoms with van der Waals surface area (Å²) in [4.78, 5) is 17.7. The molecule has 7 nitrogen and oxygen atoms in total. The van der Waals surface area contributed by atoms with E-state index in [1.165, 1.54) is 12.7 Å². The van der Waals surface area contributed by atoms with Gasteiger partial charge in [0.15, 0.2) is 0 Å². The second kappa shape index (κ2) is 8.11. The molecule has 1 fully saturated rings. The van der Waals surface area contributed by atoms with Gasteiger partial charge >= 0.3 is 5.97 Å². The Morgan fingerprint density at radius 2 is 1.92 bits per heavy atom. The molecule has 0 bridgehead atoms. The van der Waals surface area contributed by atoms with E-state index in [9.17, 15) is 4.79 Å². The molecule has 7 heteroatoms. The highest BCUT2D eigenvalue weighted by Crippen LogP contribution is 2.23. The van der Waals surface area contributed by atoms with Gasteiger partial charge in [-0.2, -0.15) is 0 Å². The Labute approximate surface area is 147 Å². The van der Waals surface area contributed by atoms with Gasteiger partial charge in [-0.1, -0.05) is 12.1 Å². The van der Waals surface area contributed by atoms with E-state index >= 15 is 0 Å². The summed E-state index contributed by atoms with van der Waals surface area (Å²) in [6, 6.07) is 8.34. The zero-order chi connectivity index (χ0) is 17.6. The number of aromatic nitrogens is 3. The lowest BCUT2D eigenvalue weighted by atomic mass is 9.90. The molecular formula is C18H24N4O3. The number of ether oxygens (including phenoxy) is 2. The second-order valence-electron chi connectivity index (χ2n) is 6.35. The van der Waals surface area contributed by atoms with Crippen molar-refractivity contribution in [2.24, 2.45) is 5.92 Å². The minimum absolute atomic E-state index is 0.108. The first-order valence-electron chi connectivity index (χ1n) is 8.51. The molecule has 0 aliphatic carbocycles. The number of hydrogen-bond acceptors (Lipinski definition) is 6. The van der Waals surface area contributed by atoms with Crippen LogP contribution in [0.5, 0.6) is 5.75 Å². The number of piperidine rings is 1. The first-order valence-corrected chi connectivity index (χ1v) is 8.51. The SMILES string of the molecule is COC(=O)c1ncn(CN2CCC(Cc3ccc(OC)cc3)CC2)n1. The Morgan fingerprint density at radius 1 is 1.20 bits per heavy atom. The van der Waals surface area contributed by atoms with E-state index in [-0.39, 0.29) is 5.82 Å². The third-order valence-corrected chi connectivity index (χ3v) is 4.64. The first-order chi connectivity index (χ1) is 12.2. The number of benzene rings is 1.